The predicted octanol–water partition coefficient (Wildman–Crippen LogP) is 6.30. The number of amides is 2. The van der Waals surface area contributed by atoms with Gasteiger partial charge in [0.1, 0.15) is 23.5 Å². The quantitative estimate of drug-likeness (QED) is 0.305. The van der Waals surface area contributed by atoms with E-state index in [9.17, 15) is 9.59 Å². The van der Waals surface area contributed by atoms with E-state index >= 15 is 0 Å². The normalized spacial score (nSPS) is 21.6. The van der Waals surface area contributed by atoms with Crippen molar-refractivity contribution in [3.8, 4) is 11.3 Å². The van der Waals surface area contributed by atoms with Gasteiger partial charge in [-0.3, -0.25) is 14.4 Å². The van der Waals surface area contributed by atoms with Crippen LogP contribution in [0.3, 0.4) is 0 Å². The maximum atomic E-state index is 13.6. The number of hydrogen-bond acceptors (Lipinski definition) is 5. The number of nitrogens with zero attached hydrogens (tertiary/aromatic N) is 2. The van der Waals surface area contributed by atoms with E-state index in [4.69, 9.17) is 32.5 Å². The van der Waals surface area contributed by atoms with Crippen LogP contribution in [-0.2, 0) is 14.4 Å². The van der Waals surface area contributed by atoms with Crippen LogP contribution in [0.1, 0.15) is 11.8 Å². The number of hydrogen-bond donors (Lipinski definition) is 0. The standard InChI is InChI=1S/C27H18Cl2N2O4/c28-16-11-12-19(20(29)15-16)21-13-14-22(34-21)24-23-25(35-31(24)18-9-5-2-6-10-18)27(33)30(26(23)32)17-7-3-1-4-8-17/h1-15,23-25H. The molecule has 0 saturated carbocycles. The van der Waals surface area contributed by atoms with Gasteiger partial charge in [0.05, 0.1) is 16.4 Å². The molecule has 2 saturated heterocycles. The van der Waals surface area contributed by atoms with Gasteiger partial charge in [0.25, 0.3) is 5.91 Å². The average molecular weight is 505 g/mol. The third-order valence-corrected chi connectivity index (χ3v) is 6.80. The van der Waals surface area contributed by atoms with E-state index in [1.54, 1.807) is 59.7 Å². The molecule has 8 heteroatoms. The number of imide groups is 1. The zero-order valence-electron chi connectivity index (χ0n) is 18.2. The molecule has 3 atom stereocenters. The molecule has 0 aliphatic carbocycles. The van der Waals surface area contributed by atoms with E-state index < -0.39 is 24.0 Å². The molecule has 35 heavy (non-hydrogen) atoms. The number of fused-ring (bicyclic) bond motifs is 1. The minimum atomic E-state index is -0.972. The minimum absolute atomic E-state index is 0.336. The van der Waals surface area contributed by atoms with Crippen LogP contribution in [-0.4, -0.2) is 17.9 Å². The summed E-state index contributed by atoms with van der Waals surface area (Å²) in [5, 5.41) is 2.56. The topological polar surface area (TPSA) is 63.0 Å². The maximum absolute atomic E-state index is 13.6. The molecule has 0 radical (unpaired) electrons. The average Bonchev–Trinajstić information content (AvgIpc) is 3.55. The van der Waals surface area contributed by atoms with Gasteiger partial charge in [0.2, 0.25) is 5.91 Å². The first-order valence-electron chi connectivity index (χ1n) is 11.0. The van der Waals surface area contributed by atoms with Gasteiger partial charge in [-0.1, -0.05) is 59.6 Å². The lowest BCUT2D eigenvalue weighted by Crippen LogP contribution is -2.37. The monoisotopic (exact) mass is 504 g/mol. The number of benzene rings is 3. The Kier molecular flexibility index (Phi) is 5.37. The number of hydroxylamine groups is 1. The maximum Gasteiger partial charge on any atom is 0.266 e. The van der Waals surface area contributed by atoms with Gasteiger partial charge in [0, 0.05) is 10.6 Å². The highest BCUT2D eigenvalue weighted by Gasteiger charge is 2.61. The van der Waals surface area contributed by atoms with Crippen LogP contribution < -0.4 is 9.96 Å². The van der Waals surface area contributed by atoms with Crippen LogP contribution in [0.25, 0.3) is 11.3 Å². The van der Waals surface area contributed by atoms with E-state index in [2.05, 4.69) is 0 Å². The lowest BCUT2D eigenvalue weighted by molar-refractivity contribution is -0.126. The molecule has 0 bridgehead atoms. The van der Waals surface area contributed by atoms with Crippen molar-refractivity contribution < 1.29 is 18.8 Å². The molecule has 3 heterocycles. The summed E-state index contributed by atoms with van der Waals surface area (Å²) in [5.74, 6) is -0.518. The zero-order valence-corrected chi connectivity index (χ0v) is 19.7. The number of furan rings is 1. The van der Waals surface area contributed by atoms with Crippen molar-refractivity contribution in [3.05, 3.63) is 107 Å². The summed E-state index contributed by atoms with van der Waals surface area (Å²) in [6, 6.07) is 26.3. The minimum Gasteiger partial charge on any atom is -0.459 e. The number of carbonyl (C=O) groups excluding carboxylic acids is 2. The Morgan fingerprint density at radius 1 is 0.743 bits per heavy atom. The first-order valence-corrected chi connectivity index (χ1v) is 11.8. The third-order valence-electron chi connectivity index (χ3n) is 6.26. The summed E-state index contributed by atoms with van der Waals surface area (Å²) >= 11 is 12.4. The lowest BCUT2D eigenvalue weighted by Gasteiger charge is -2.27. The number of para-hydroxylation sites is 2. The highest BCUT2D eigenvalue weighted by Crippen LogP contribution is 2.48. The van der Waals surface area contributed by atoms with Crippen LogP contribution >= 0.6 is 23.2 Å². The molecule has 6 nitrogen and oxygen atoms in total. The van der Waals surface area contributed by atoms with Gasteiger partial charge < -0.3 is 4.42 Å². The molecule has 0 spiro atoms. The molecular weight excluding hydrogens is 487 g/mol. The van der Waals surface area contributed by atoms with E-state index in [1.165, 1.54) is 4.90 Å². The van der Waals surface area contributed by atoms with Crippen molar-refractivity contribution in [2.45, 2.75) is 12.1 Å². The predicted molar refractivity (Wildman–Crippen MR) is 133 cm³/mol. The van der Waals surface area contributed by atoms with Crippen molar-refractivity contribution in [2.24, 2.45) is 5.92 Å². The Morgan fingerprint density at radius 2 is 1.43 bits per heavy atom. The SMILES string of the molecule is O=C1C2ON(c3ccccc3)C(c3ccc(-c4ccc(Cl)cc4Cl)o3)C2C(=O)N1c1ccccc1. The fourth-order valence-corrected chi connectivity index (χ4v) is 5.18. The highest BCUT2D eigenvalue weighted by molar-refractivity contribution is 6.36. The lowest BCUT2D eigenvalue weighted by atomic mass is 9.94. The smallest absolute Gasteiger partial charge is 0.266 e. The second kappa shape index (κ2) is 8.57. The molecule has 0 N–H and O–H groups in total. The first kappa shape index (κ1) is 21.9. The van der Waals surface area contributed by atoms with E-state index in [0.717, 1.165) is 0 Å². The van der Waals surface area contributed by atoms with Crippen molar-refractivity contribution in [3.63, 3.8) is 0 Å². The summed E-state index contributed by atoms with van der Waals surface area (Å²) in [7, 11) is 0. The number of carbonyl (C=O) groups is 2. The van der Waals surface area contributed by atoms with Crippen molar-refractivity contribution in [2.75, 3.05) is 9.96 Å². The van der Waals surface area contributed by atoms with Crippen molar-refractivity contribution in [1.82, 2.24) is 0 Å². The number of rotatable bonds is 4. The zero-order chi connectivity index (χ0) is 24.1. The Hall–Kier alpha value is -3.58. The van der Waals surface area contributed by atoms with Gasteiger partial charge in [-0.15, -0.1) is 0 Å². The molecule has 2 aliphatic heterocycles. The van der Waals surface area contributed by atoms with Gasteiger partial charge in [0.15, 0.2) is 6.10 Å². The summed E-state index contributed by atoms with van der Waals surface area (Å²) in [4.78, 5) is 34.3. The second-order valence-electron chi connectivity index (χ2n) is 8.33. The highest BCUT2D eigenvalue weighted by atomic mass is 35.5. The van der Waals surface area contributed by atoms with Crippen molar-refractivity contribution >= 4 is 46.4 Å². The fraction of sp³-hybridized carbons (Fsp3) is 0.111. The van der Waals surface area contributed by atoms with Gasteiger partial charge >= 0.3 is 0 Å². The first-order chi connectivity index (χ1) is 17.0. The van der Waals surface area contributed by atoms with Crippen LogP contribution in [0.15, 0.2) is 95.4 Å². The van der Waals surface area contributed by atoms with Crippen LogP contribution in [0.2, 0.25) is 10.0 Å². The fourth-order valence-electron chi connectivity index (χ4n) is 4.68. The van der Waals surface area contributed by atoms with Gasteiger partial charge in [-0.05, 0) is 54.6 Å². The molecule has 3 unspecified atom stereocenters. The van der Waals surface area contributed by atoms with Crippen LogP contribution in [0, 0.1) is 5.92 Å². The van der Waals surface area contributed by atoms with Gasteiger partial charge in [-0.2, -0.15) is 0 Å². The van der Waals surface area contributed by atoms with Crippen LogP contribution in [0.5, 0.6) is 0 Å². The molecule has 6 rings (SSSR count). The third kappa shape index (κ3) is 3.62. The molecule has 4 aromatic rings. The van der Waals surface area contributed by atoms with Crippen LogP contribution in [0.4, 0.5) is 11.4 Å². The summed E-state index contributed by atoms with van der Waals surface area (Å²) in [6.45, 7) is 0. The van der Waals surface area contributed by atoms with E-state index in [0.29, 0.717) is 38.5 Å². The number of anilines is 2. The molecule has 3 aromatic carbocycles. The molecule has 2 amide bonds. The Labute approximate surface area is 211 Å². The molecule has 174 valence electrons. The Balaban J connectivity index is 1.43. The molecule has 2 fully saturated rings. The van der Waals surface area contributed by atoms with E-state index in [1.807, 2.05) is 36.4 Å². The largest absolute Gasteiger partial charge is 0.459 e. The second-order valence-corrected chi connectivity index (χ2v) is 9.18. The summed E-state index contributed by atoms with van der Waals surface area (Å²) < 4.78 is 6.23. The summed E-state index contributed by atoms with van der Waals surface area (Å²) in [6.07, 6.45) is -0.972. The van der Waals surface area contributed by atoms with Gasteiger partial charge in [-0.25, -0.2) is 9.96 Å². The van der Waals surface area contributed by atoms with Crippen molar-refractivity contribution in [1.29, 1.82) is 0 Å². The Bertz CT molecular complexity index is 1420. The molecule has 1 aromatic heterocycles. The van der Waals surface area contributed by atoms with E-state index in [-0.39, 0.29) is 5.91 Å². The molecular formula is C27H18Cl2N2O4. The summed E-state index contributed by atoms with van der Waals surface area (Å²) in [5.41, 5.74) is 1.89. The number of halogens is 2. The molecule has 2 aliphatic rings. The Morgan fingerprint density at radius 3 is 2.11 bits per heavy atom.